The first kappa shape index (κ1) is 27.9. The number of ketones is 1. The average Bonchev–Trinajstić information content (AvgIpc) is 3.01. The fourth-order valence-electron chi connectivity index (χ4n) is 4.46. The molecule has 0 spiro atoms. The maximum Gasteiger partial charge on any atom is 0.193 e. The van der Waals surface area contributed by atoms with Crippen molar-refractivity contribution in [3.63, 3.8) is 0 Å². The second-order valence-corrected chi connectivity index (χ2v) is 12.5. The molecule has 3 nitrogen and oxygen atoms in total. The molecule has 0 radical (unpaired) electrons. The number of benzene rings is 5. The normalized spacial score (nSPS) is 11.1. The molecule has 5 rings (SSSR count). The van der Waals surface area contributed by atoms with Gasteiger partial charge in [0, 0.05) is 34.1 Å². The lowest BCUT2D eigenvalue weighted by Crippen LogP contribution is -2.05. The summed E-state index contributed by atoms with van der Waals surface area (Å²) in [5, 5.41) is 18.6. The van der Waals surface area contributed by atoms with Crippen molar-refractivity contribution < 1.29 is 15.0 Å². The van der Waals surface area contributed by atoms with Gasteiger partial charge in [0.1, 0.15) is 0 Å². The molecule has 0 aliphatic heterocycles. The second kappa shape index (κ2) is 13.6. The van der Waals surface area contributed by atoms with Gasteiger partial charge in [-0.1, -0.05) is 66.4 Å². The Bertz CT molecular complexity index is 1460. The van der Waals surface area contributed by atoms with E-state index in [0.717, 1.165) is 20.9 Å². The molecule has 0 saturated heterocycles. The highest BCUT2D eigenvalue weighted by molar-refractivity contribution is 7.99. The van der Waals surface area contributed by atoms with Gasteiger partial charge in [-0.05, 0) is 96.8 Å². The lowest BCUT2D eigenvalue weighted by molar-refractivity contribution is 0.103. The molecule has 0 fully saturated rings. The smallest absolute Gasteiger partial charge is 0.193 e. The number of aliphatic hydroxyl groups is 2. The Labute approximate surface area is 242 Å². The van der Waals surface area contributed by atoms with Crippen LogP contribution < -0.4 is 0 Å². The molecule has 0 amide bonds. The van der Waals surface area contributed by atoms with E-state index in [9.17, 15) is 15.0 Å². The van der Waals surface area contributed by atoms with Crippen LogP contribution in [0.3, 0.4) is 0 Å². The van der Waals surface area contributed by atoms with E-state index >= 15 is 0 Å². The van der Waals surface area contributed by atoms with Gasteiger partial charge in [-0.15, -0.1) is 0 Å². The first-order valence-electron chi connectivity index (χ1n) is 13.3. The molecule has 40 heavy (non-hydrogen) atoms. The molecule has 0 unspecified atom stereocenters. The van der Waals surface area contributed by atoms with Crippen molar-refractivity contribution in [3.05, 3.63) is 150 Å². The van der Waals surface area contributed by atoms with E-state index in [1.54, 1.807) is 11.8 Å². The third-order valence-electron chi connectivity index (χ3n) is 6.57. The van der Waals surface area contributed by atoms with Gasteiger partial charge in [0.15, 0.2) is 20.5 Å². The third kappa shape index (κ3) is 6.93. The van der Waals surface area contributed by atoms with Crippen molar-refractivity contribution in [2.75, 3.05) is 13.2 Å². The minimum absolute atomic E-state index is 0.0299. The molecule has 0 atom stereocenters. The zero-order valence-electron chi connectivity index (χ0n) is 22.1. The van der Waals surface area contributed by atoms with Crippen molar-refractivity contribution in [3.8, 4) is 0 Å². The molecule has 0 aliphatic carbocycles. The van der Waals surface area contributed by atoms with E-state index in [2.05, 4.69) is 72.8 Å². The molecule has 0 aromatic heterocycles. The van der Waals surface area contributed by atoms with Crippen LogP contribution in [-0.4, -0.2) is 29.2 Å². The molecule has 0 bridgehead atoms. The second-order valence-electron chi connectivity index (χ2n) is 9.33. The molecule has 2 N–H and O–H groups in total. The van der Waals surface area contributed by atoms with Gasteiger partial charge in [0.2, 0.25) is 0 Å². The Kier molecular flexibility index (Phi) is 9.53. The summed E-state index contributed by atoms with van der Waals surface area (Å²) >= 11 is 1.68. The molecule has 5 aromatic rings. The van der Waals surface area contributed by atoms with Crippen molar-refractivity contribution in [2.45, 2.75) is 37.3 Å². The Morgan fingerprint density at radius 2 is 0.925 bits per heavy atom. The first-order valence-corrected chi connectivity index (χ1v) is 15.3. The van der Waals surface area contributed by atoms with E-state index in [0.29, 0.717) is 24.0 Å². The number of rotatable bonds is 11. The zero-order chi connectivity index (χ0) is 27.7. The summed E-state index contributed by atoms with van der Waals surface area (Å²) in [5.41, 5.74) is 3.62. The van der Waals surface area contributed by atoms with Crippen LogP contribution in [0.25, 0.3) is 0 Å². The van der Waals surface area contributed by atoms with Gasteiger partial charge in [-0.3, -0.25) is 4.79 Å². The Hall–Kier alpha value is -3.61. The fourth-order valence-corrected chi connectivity index (χ4v) is 7.32. The lowest BCUT2D eigenvalue weighted by atomic mass is 10.0. The maximum atomic E-state index is 12.7. The number of hydrogen-bond donors (Lipinski definition) is 2. The van der Waals surface area contributed by atoms with Gasteiger partial charge >= 0.3 is 0 Å². The highest BCUT2D eigenvalue weighted by Gasteiger charge is 2.28. The van der Waals surface area contributed by atoms with Crippen LogP contribution in [0.15, 0.2) is 152 Å². The molecule has 200 valence electrons. The standard InChI is InChI=1S/C35H31O3S2/c36-24-22-26-6-16-32(17-7-26)40(33-18-8-27(9-19-33)23-25-37)34-20-14-31(15-21-34)39-30-12-10-29(11-13-30)35(38)28-4-2-1-3-5-28/h1-21,36-37H,22-25H2/q+1. The van der Waals surface area contributed by atoms with Gasteiger partial charge in [0.25, 0.3) is 0 Å². The van der Waals surface area contributed by atoms with Crippen LogP contribution >= 0.6 is 11.8 Å². The monoisotopic (exact) mass is 563 g/mol. The number of hydrogen-bond acceptors (Lipinski definition) is 4. The molecule has 0 saturated carbocycles. The minimum Gasteiger partial charge on any atom is -0.396 e. The molecule has 0 aliphatic rings. The minimum atomic E-state index is -0.292. The van der Waals surface area contributed by atoms with Crippen molar-refractivity contribution in [2.24, 2.45) is 0 Å². The Balaban J connectivity index is 1.36. The zero-order valence-corrected chi connectivity index (χ0v) is 23.7. The summed E-state index contributed by atoms with van der Waals surface area (Å²) in [4.78, 5) is 18.6. The lowest BCUT2D eigenvalue weighted by Gasteiger charge is -2.10. The van der Waals surface area contributed by atoms with Crippen molar-refractivity contribution >= 4 is 28.4 Å². The summed E-state index contributed by atoms with van der Waals surface area (Å²) in [6.07, 6.45) is 1.30. The maximum absolute atomic E-state index is 12.7. The van der Waals surface area contributed by atoms with Gasteiger partial charge in [-0.25, -0.2) is 0 Å². The predicted molar refractivity (Wildman–Crippen MR) is 164 cm³/mol. The summed E-state index contributed by atoms with van der Waals surface area (Å²) in [5.74, 6) is 0.0299. The largest absolute Gasteiger partial charge is 0.396 e. The third-order valence-corrected chi connectivity index (χ3v) is 9.81. The van der Waals surface area contributed by atoms with Crippen LogP contribution in [0.5, 0.6) is 0 Å². The first-order chi connectivity index (χ1) is 19.6. The predicted octanol–water partition coefficient (Wildman–Crippen LogP) is 7.23. The summed E-state index contributed by atoms with van der Waals surface area (Å²) in [7, 11) is -0.292. The van der Waals surface area contributed by atoms with E-state index in [4.69, 9.17) is 0 Å². The van der Waals surface area contributed by atoms with Crippen LogP contribution in [0.4, 0.5) is 0 Å². The van der Waals surface area contributed by atoms with Crippen LogP contribution in [0.1, 0.15) is 27.0 Å². The van der Waals surface area contributed by atoms with E-state index in [1.807, 2.05) is 54.6 Å². The molecule has 0 heterocycles. The van der Waals surface area contributed by atoms with Crippen molar-refractivity contribution in [1.29, 1.82) is 0 Å². The quantitative estimate of drug-likeness (QED) is 0.131. The molecular weight excluding hydrogens is 533 g/mol. The van der Waals surface area contributed by atoms with E-state index in [1.165, 1.54) is 14.7 Å². The summed E-state index contributed by atoms with van der Waals surface area (Å²) in [6.45, 7) is 0.283. The van der Waals surface area contributed by atoms with Crippen LogP contribution in [-0.2, 0) is 23.7 Å². The Morgan fingerprint density at radius 1 is 0.525 bits per heavy atom. The van der Waals surface area contributed by atoms with Crippen molar-refractivity contribution in [1.82, 2.24) is 0 Å². The van der Waals surface area contributed by atoms with E-state index in [-0.39, 0.29) is 29.9 Å². The summed E-state index contributed by atoms with van der Waals surface area (Å²) < 4.78 is 0. The average molecular weight is 564 g/mol. The Morgan fingerprint density at radius 3 is 1.38 bits per heavy atom. The highest BCUT2D eigenvalue weighted by atomic mass is 32.2. The molecule has 5 aromatic carbocycles. The van der Waals surface area contributed by atoms with Crippen LogP contribution in [0.2, 0.25) is 0 Å². The fraction of sp³-hybridized carbons (Fsp3) is 0.114. The molecule has 5 heteroatoms. The van der Waals surface area contributed by atoms with Crippen LogP contribution in [0, 0.1) is 0 Å². The number of aliphatic hydroxyl groups excluding tert-OH is 2. The van der Waals surface area contributed by atoms with E-state index < -0.39 is 0 Å². The number of carbonyl (C=O) groups excluding carboxylic acids is 1. The van der Waals surface area contributed by atoms with Gasteiger partial charge in [0.05, 0.1) is 10.9 Å². The van der Waals surface area contributed by atoms with Gasteiger partial charge < -0.3 is 10.2 Å². The summed E-state index contributed by atoms with van der Waals surface area (Å²) in [6, 6.07) is 42.9. The highest BCUT2D eigenvalue weighted by Crippen LogP contribution is 2.34. The molecular formula is C35H31O3S2+. The number of carbonyl (C=O) groups is 1. The topological polar surface area (TPSA) is 57.5 Å². The SMILES string of the molecule is O=C(c1ccccc1)c1ccc(Sc2ccc([S+](c3ccc(CCO)cc3)c3ccc(CCO)cc3)cc2)cc1. The van der Waals surface area contributed by atoms with Gasteiger partial charge in [-0.2, -0.15) is 0 Å².